The van der Waals surface area contributed by atoms with E-state index in [0.29, 0.717) is 0 Å². The van der Waals surface area contributed by atoms with E-state index < -0.39 is 0 Å². The normalized spacial score (nSPS) is 11.2. The van der Waals surface area contributed by atoms with E-state index in [1.54, 1.807) is 0 Å². The Morgan fingerprint density at radius 3 is 2.24 bits per heavy atom. The number of nitrogens with zero attached hydrogens (tertiary/aromatic N) is 1. The average Bonchev–Trinajstić information content (AvgIpc) is 3.23. The average molecular weight is 406 g/mol. The van der Waals surface area contributed by atoms with Crippen molar-refractivity contribution in [3.05, 3.63) is 71.8 Å². The summed E-state index contributed by atoms with van der Waals surface area (Å²) in [5, 5.41) is 1.11. The number of hydrogen-bond acceptors (Lipinski definition) is 3. The number of hydrogen-bond donors (Lipinski definition) is 0. The van der Waals surface area contributed by atoms with Gasteiger partial charge in [0, 0.05) is 16.6 Å². The second-order valence-electron chi connectivity index (χ2n) is 7.21. The molecule has 0 spiro atoms. The fourth-order valence-corrected chi connectivity index (χ4v) is 4.14. The monoisotopic (exact) mass is 405 g/mol. The third kappa shape index (κ3) is 6.57. The molecule has 0 amide bonds. The predicted molar refractivity (Wildman–Crippen MR) is 126 cm³/mol. The van der Waals surface area contributed by atoms with Crippen molar-refractivity contribution < 1.29 is 4.74 Å². The van der Waals surface area contributed by atoms with Crippen LogP contribution in [0.25, 0.3) is 21.7 Å². The highest BCUT2D eigenvalue weighted by molar-refractivity contribution is 7.15. The first-order valence-electron chi connectivity index (χ1n) is 10.7. The summed E-state index contributed by atoms with van der Waals surface area (Å²) in [7, 11) is 0. The van der Waals surface area contributed by atoms with Gasteiger partial charge in [-0.25, -0.2) is 4.98 Å². The molecule has 0 aliphatic heterocycles. The zero-order valence-electron chi connectivity index (χ0n) is 17.6. The lowest BCUT2D eigenvalue weighted by Crippen LogP contribution is -1.95. The minimum Gasteiger partial charge on any atom is -0.493 e. The van der Waals surface area contributed by atoms with E-state index in [9.17, 15) is 0 Å². The van der Waals surface area contributed by atoms with Crippen molar-refractivity contribution in [1.82, 2.24) is 4.98 Å². The molecule has 2 nitrogen and oxygen atoms in total. The number of benzene rings is 2. The van der Waals surface area contributed by atoms with Crippen LogP contribution < -0.4 is 4.74 Å². The van der Waals surface area contributed by atoms with Crippen molar-refractivity contribution in [3.63, 3.8) is 0 Å². The molecule has 0 radical (unpaired) electrons. The summed E-state index contributed by atoms with van der Waals surface area (Å²) < 4.78 is 5.80. The van der Waals surface area contributed by atoms with Crippen LogP contribution in [0.3, 0.4) is 0 Å². The van der Waals surface area contributed by atoms with Crippen LogP contribution in [0.1, 0.15) is 50.8 Å². The molecule has 0 aliphatic carbocycles. The number of aryl methyl sites for hydroxylation is 1. The second kappa shape index (κ2) is 11.6. The minimum absolute atomic E-state index is 0.721. The largest absolute Gasteiger partial charge is 0.493 e. The van der Waals surface area contributed by atoms with Gasteiger partial charge in [-0.2, -0.15) is 0 Å². The van der Waals surface area contributed by atoms with Gasteiger partial charge in [0.25, 0.3) is 0 Å². The Morgan fingerprint density at radius 2 is 1.55 bits per heavy atom. The molecule has 3 aromatic rings. The first-order chi connectivity index (χ1) is 14.3. The lowest BCUT2D eigenvalue weighted by atomic mass is 10.0. The topological polar surface area (TPSA) is 22.1 Å². The summed E-state index contributed by atoms with van der Waals surface area (Å²) >= 11 is 1.82. The SMILES string of the molecule is CCC=CCCOc1ccc(-c2ccc(-c3ncc(CCCCC)s3)cc2)cc1. The molecule has 0 saturated carbocycles. The van der Waals surface area contributed by atoms with Crippen molar-refractivity contribution in [2.75, 3.05) is 6.61 Å². The Kier molecular flexibility index (Phi) is 8.51. The van der Waals surface area contributed by atoms with Gasteiger partial charge >= 0.3 is 0 Å². The van der Waals surface area contributed by atoms with E-state index in [1.165, 1.54) is 40.8 Å². The standard InChI is InChI=1S/C26H31NOS/c1-3-5-7-9-19-28-24-17-15-22(16-18-24)21-11-13-23(14-12-21)26-27-20-25(29-26)10-8-6-4-2/h5,7,11-18,20H,3-4,6,8-10,19H2,1-2H3. The van der Waals surface area contributed by atoms with Gasteiger partial charge in [0.1, 0.15) is 10.8 Å². The molecule has 0 N–H and O–H groups in total. The van der Waals surface area contributed by atoms with E-state index in [2.05, 4.69) is 79.5 Å². The van der Waals surface area contributed by atoms with Gasteiger partial charge < -0.3 is 4.74 Å². The zero-order chi connectivity index (χ0) is 20.3. The van der Waals surface area contributed by atoms with Gasteiger partial charge in [-0.3, -0.25) is 0 Å². The maximum Gasteiger partial charge on any atom is 0.123 e. The molecule has 2 aromatic carbocycles. The first-order valence-corrected chi connectivity index (χ1v) is 11.5. The van der Waals surface area contributed by atoms with Gasteiger partial charge in [-0.15, -0.1) is 11.3 Å². The molecule has 152 valence electrons. The summed E-state index contributed by atoms with van der Waals surface area (Å²) in [6.07, 6.45) is 13.4. The molecule has 1 heterocycles. The second-order valence-corrected chi connectivity index (χ2v) is 8.32. The lowest BCUT2D eigenvalue weighted by molar-refractivity contribution is 0.325. The third-order valence-corrected chi connectivity index (χ3v) is 5.96. The zero-order valence-corrected chi connectivity index (χ0v) is 18.4. The van der Waals surface area contributed by atoms with Crippen molar-refractivity contribution in [2.45, 2.75) is 52.4 Å². The highest BCUT2D eigenvalue weighted by Crippen LogP contribution is 2.29. The number of unbranched alkanes of at least 4 members (excludes halogenated alkanes) is 2. The molecule has 0 fully saturated rings. The number of allylic oxidation sites excluding steroid dienone is 1. The molecule has 0 saturated heterocycles. The van der Waals surface area contributed by atoms with Gasteiger partial charge in [0.15, 0.2) is 0 Å². The number of ether oxygens (including phenoxy) is 1. The van der Waals surface area contributed by atoms with Crippen LogP contribution in [0.5, 0.6) is 5.75 Å². The molecule has 0 unspecified atom stereocenters. The molecular formula is C26H31NOS. The Bertz CT molecular complexity index is 878. The van der Waals surface area contributed by atoms with Crippen LogP contribution >= 0.6 is 11.3 Å². The van der Waals surface area contributed by atoms with Crippen molar-refractivity contribution in [3.8, 4) is 27.4 Å². The van der Waals surface area contributed by atoms with Gasteiger partial charge in [-0.1, -0.05) is 75.2 Å². The van der Waals surface area contributed by atoms with E-state index in [0.717, 1.165) is 36.6 Å². The van der Waals surface area contributed by atoms with E-state index in [-0.39, 0.29) is 0 Å². The molecule has 3 heteroatoms. The quantitative estimate of drug-likeness (QED) is 0.238. The molecule has 0 aliphatic rings. The summed E-state index contributed by atoms with van der Waals surface area (Å²) in [6, 6.07) is 17.1. The Morgan fingerprint density at radius 1 is 0.862 bits per heavy atom. The van der Waals surface area contributed by atoms with Crippen molar-refractivity contribution in [1.29, 1.82) is 0 Å². The first kappa shape index (κ1) is 21.3. The Labute approximate surface area is 179 Å². The molecule has 0 atom stereocenters. The highest BCUT2D eigenvalue weighted by atomic mass is 32.1. The minimum atomic E-state index is 0.721. The van der Waals surface area contributed by atoms with Gasteiger partial charge in [-0.05, 0) is 48.9 Å². The molecule has 1 aromatic heterocycles. The Hall–Kier alpha value is -2.39. The Balaban J connectivity index is 1.57. The van der Waals surface area contributed by atoms with Crippen LogP contribution in [0.4, 0.5) is 0 Å². The smallest absolute Gasteiger partial charge is 0.123 e. The van der Waals surface area contributed by atoms with Crippen molar-refractivity contribution >= 4 is 11.3 Å². The van der Waals surface area contributed by atoms with Gasteiger partial charge in [0.2, 0.25) is 0 Å². The molecule has 0 bridgehead atoms. The fourth-order valence-electron chi connectivity index (χ4n) is 3.18. The molecule has 3 rings (SSSR count). The maximum absolute atomic E-state index is 5.80. The predicted octanol–water partition coefficient (Wildman–Crippen LogP) is 7.94. The molecular weight excluding hydrogens is 374 g/mol. The number of rotatable bonds is 11. The van der Waals surface area contributed by atoms with Crippen LogP contribution in [-0.4, -0.2) is 11.6 Å². The summed E-state index contributed by atoms with van der Waals surface area (Å²) in [6.45, 7) is 5.11. The lowest BCUT2D eigenvalue weighted by Gasteiger charge is -2.07. The fraction of sp³-hybridized carbons (Fsp3) is 0.346. The highest BCUT2D eigenvalue weighted by Gasteiger charge is 2.06. The van der Waals surface area contributed by atoms with E-state index in [1.807, 2.05) is 17.5 Å². The van der Waals surface area contributed by atoms with Gasteiger partial charge in [0.05, 0.1) is 6.61 Å². The number of aromatic nitrogens is 1. The number of thiazole rings is 1. The van der Waals surface area contributed by atoms with E-state index in [4.69, 9.17) is 4.74 Å². The summed E-state index contributed by atoms with van der Waals surface area (Å²) in [5.74, 6) is 0.925. The maximum atomic E-state index is 5.80. The summed E-state index contributed by atoms with van der Waals surface area (Å²) in [5.41, 5.74) is 3.61. The van der Waals surface area contributed by atoms with Crippen LogP contribution in [0, 0.1) is 0 Å². The van der Waals surface area contributed by atoms with Crippen LogP contribution in [0.15, 0.2) is 66.9 Å². The van der Waals surface area contributed by atoms with Crippen LogP contribution in [-0.2, 0) is 6.42 Å². The summed E-state index contributed by atoms with van der Waals surface area (Å²) in [4.78, 5) is 6.01. The van der Waals surface area contributed by atoms with Crippen molar-refractivity contribution in [2.24, 2.45) is 0 Å². The van der Waals surface area contributed by atoms with E-state index >= 15 is 0 Å². The third-order valence-electron chi connectivity index (χ3n) is 4.86. The molecule has 29 heavy (non-hydrogen) atoms. The van der Waals surface area contributed by atoms with Crippen LogP contribution in [0.2, 0.25) is 0 Å².